The summed E-state index contributed by atoms with van der Waals surface area (Å²) in [6.07, 6.45) is 7.83. The van der Waals surface area contributed by atoms with E-state index in [1.807, 2.05) is 0 Å². The Hall–Kier alpha value is -1.25. The molecule has 162 valence electrons. The van der Waals surface area contributed by atoms with Gasteiger partial charge in [-0.1, -0.05) is 18.6 Å². The molecular weight excluding hydrogens is 396 g/mol. The Morgan fingerprint density at radius 1 is 1.24 bits per heavy atom. The highest BCUT2D eigenvalue weighted by atomic mass is 32.3. The van der Waals surface area contributed by atoms with E-state index in [1.54, 1.807) is 0 Å². The van der Waals surface area contributed by atoms with Crippen LogP contribution in [0.1, 0.15) is 65.2 Å². The van der Waals surface area contributed by atoms with Crippen molar-refractivity contribution in [1.82, 2.24) is 0 Å². The maximum atomic E-state index is 12.6. The van der Waals surface area contributed by atoms with Gasteiger partial charge in [0.1, 0.15) is 11.9 Å². The number of esters is 1. The SMILES string of the molecule is CC(=O)O[C@@H]1CC[C@@]2(COS(=O)(=O)O)C(=CC[C@H]3[C@H]2CC[C@@]2(C)C(=O)CC[C@H]32)C1. The van der Waals surface area contributed by atoms with Crippen molar-refractivity contribution in [2.45, 2.75) is 71.3 Å². The molecule has 29 heavy (non-hydrogen) atoms. The van der Waals surface area contributed by atoms with Gasteiger partial charge in [0, 0.05) is 30.6 Å². The molecule has 0 spiro atoms. The molecule has 0 unspecified atom stereocenters. The number of fused-ring (bicyclic) bond motifs is 5. The van der Waals surface area contributed by atoms with Crippen molar-refractivity contribution in [3.63, 3.8) is 0 Å². The van der Waals surface area contributed by atoms with Crippen molar-refractivity contribution in [1.29, 1.82) is 0 Å². The monoisotopic (exact) mass is 426 g/mol. The Balaban J connectivity index is 1.67. The second kappa shape index (κ2) is 7.17. The summed E-state index contributed by atoms with van der Waals surface area (Å²) in [4.78, 5) is 24.0. The Kier molecular flexibility index (Phi) is 5.19. The summed E-state index contributed by atoms with van der Waals surface area (Å²) < 4.78 is 42.4. The molecule has 6 atom stereocenters. The van der Waals surface area contributed by atoms with Crippen molar-refractivity contribution >= 4 is 22.2 Å². The lowest BCUT2D eigenvalue weighted by Crippen LogP contribution is -2.53. The Bertz CT molecular complexity index is 847. The second-order valence-electron chi connectivity index (χ2n) is 9.58. The van der Waals surface area contributed by atoms with Crippen molar-refractivity contribution in [3.8, 4) is 0 Å². The number of hydrogen-bond donors (Lipinski definition) is 1. The van der Waals surface area contributed by atoms with E-state index >= 15 is 0 Å². The number of ketones is 1. The third-order valence-corrected chi connectivity index (χ3v) is 8.71. The summed E-state index contributed by atoms with van der Waals surface area (Å²) in [6, 6.07) is 0. The molecule has 0 amide bonds. The normalized spacial score (nSPS) is 41.8. The summed E-state index contributed by atoms with van der Waals surface area (Å²) in [7, 11) is -4.55. The van der Waals surface area contributed by atoms with Crippen molar-refractivity contribution < 1.29 is 31.5 Å². The predicted octanol–water partition coefficient (Wildman–Crippen LogP) is 3.25. The first kappa shape index (κ1) is 21.0. The number of hydrogen-bond acceptors (Lipinski definition) is 6. The number of allylic oxidation sites excluding steroid dienone is 1. The average Bonchev–Trinajstić information content (AvgIpc) is 2.94. The quantitative estimate of drug-likeness (QED) is 0.418. The van der Waals surface area contributed by atoms with Gasteiger partial charge < -0.3 is 4.74 Å². The molecule has 0 aromatic heterocycles. The van der Waals surface area contributed by atoms with Crippen LogP contribution in [0.25, 0.3) is 0 Å². The van der Waals surface area contributed by atoms with Gasteiger partial charge in [-0.25, -0.2) is 4.18 Å². The highest BCUT2D eigenvalue weighted by Crippen LogP contribution is 2.64. The highest BCUT2D eigenvalue weighted by Gasteiger charge is 2.60. The van der Waals surface area contributed by atoms with Gasteiger partial charge in [0.2, 0.25) is 0 Å². The minimum Gasteiger partial charge on any atom is -0.462 e. The standard InChI is InChI=1S/C21H30O7S/c1-13(22)28-15-7-10-21(12-27-29(24,25)26)14(11-15)3-4-16-17-5-6-19(23)20(17,2)9-8-18(16)21/h3,15-18H,4-12H2,1-2H3,(H,24,25,26)/t15-,16-,17-,18-,20-,21-/m1/s1. The fourth-order valence-corrected chi connectivity index (χ4v) is 7.34. The van der Waals surface area contributed by atoms with Crippen LogP contribution in [-0.4, -0.2) is 37.4 Å². The summed E-state index contributed by atoms with van der Waals surface area (Å²) >= 11 is 0. The van der Waals surface area contributed by atoms with Gasteiger partial charge in [0.15, 0.2) is 0 Å². The minimum absolute atomic E-state index is 0.0942. The van der Waals surface area contributed by atoms with E-state index in [4.69, 9.17) is 8.92 Å². The molecule has 3 fully saturated rings. The van der Waals surface area contributed by atoms with Crippen LogP contribution in [0.15, 0.2) is 11.6 Å². The molecule has 0 aliphatic heterocycles. The average molecular weight is 427 g/mol. The number of rotatable bonds is 4. The Labute approximate surface area is 172 Å². The molecule has 4 aliphatic rings. The van der Waals surface area contributed by atoms with Gasteiger partial charge in [-0.05, 0) is 56.3 Å². The second-order valence-corrected chi connectivity index (χ2v) is 10.7. The Morgan fingerprint density at radius 2 is 2.00 bits per heavy atom. The van der Waals surface area contributed by atoms with Crippen LogP contribution in [0.5, 0.6) is 0 Å². The van der Waals surface area contributed by atoms with Crippen molar-refractivity contribution in [2.75, 3.05) is 6.61 Å². The minimum atomic E-state index is -4.55. The first-order chi connectivity index (χ1) is 13.6. The molecule has 0 bridgehead atoms. The summed E-state index contributed by atoms with van der Waals surface area (Å²) in [5.41, 5.74) is 0.308. The topological polar surface area (TPSA) is 107 Å². The van der Waals surface area contributed by atoms with E-state index in [2.05, 4.69) is 13.0 Å². The zero-order valence-corrected chi connectivity index (χ0v) is 17.9. The third-order valence-electron chi connectivity index (χ3n) is 8.29. The molecule has 4 aliphatic carbocycles. The lowest BCUT2D eigenvalue weighted by Gasteiger charge is -2.57. The fourth-order valence-electron chi connectivity index (χ4n) is 6.98. The molecule has 3 saturated carbocycles. The van der Waals surface area contributed by atoms with Crippen LogP contribution in [0.3, 0.4) is 0 Å². The van der Waals surface area contributed by atoms with Gasteiger partial charge in [0.05, 0.1) is 6.61 Å². The van der Waals surface area contributed by atoms with Gasteiger partial charge in [-0.15, -0.1) is 0 Å². The van der Waals surface area contributed by atoms with E-state index in [-0.39, 0.29) is 30.0 Å². The molecule has 0 aromatic carbocycles. The number of carbonyl (C=O) groups is 2. The molecule has 7 nitrogen and oxygen atoms in total. The lowest BCUT2D eigenvalue weighted by molar-refractivity contribution is -0.149. The van der Waals surface area contributed by atoms with Crippen molar-refractivity contribution in [2.24, 2.45) is 28.6 Å². The fraction of sp³-hybridized carbons (Fsp3) is 0.810. The van der Waals surface area contributed by atoms with Crippen LogP contribution < -0.4 is 0 Å². The molecule has 8 heteroatoms. The maximum Gasteiger partial charge on any atom is 0.397 e. The van der Waals surface area contributed by atoms with Gasteiger partial charge >= 0.3 is 16.4 Å². The van der Waals surface area contributed by atoms with Gasteiger partial charge in [-0.2, -0.15) is 8.42 Å². The van der Waals surface area contributed by atoms with Crippen molar-refractivity contribution in [3.05, 3.63) is 11.6 Å². The predicted molar refractivity (Wildman–Crippen MR) is 104 cm³/mol. The maximum absolute atomic E-state index is 12.6. The van der Waals surface area contributed by atoms with E-state index < -0.39 is 15.8 Å². The van der Waals surface area contributed by atoms with Crippen LogP contribution in [-0.2, 0) is 28.9 Å². The lowest BCUT2D eigenvalue weighted by atomic mass is 9.47. The van der Waals surface area contributed by atoms with Crippen LogP contribution in [0, 0.1) is 28.6 Å². The molecule has 0 saturated heterocycles. The Morgan fingerprint density at radius 3 is 2.69 bits per heavy atom. The highest BCUT2D eigenvalue weighted by molar-refractivity contribution is 7.80. The van der Waals surface area contributed by atoms with Crippen LogP contribution >= 0.6 is 0 Å². The first-order valence-corrected chi connectivity index (χ1v) is 11.9. The van der Waals surface area contributed by atoms with Gasteiger partial charge in [-0.3, -0.25) is 14.1 Å². The molecular formula is C21H30O7S. The van der Waals surface area contributed by atoms with Crippen LogP contribution in [0.2, 0.25) is 0 Å². The summed E-state index contributed by atoms with van der Waals surface area (Å²) in [5.74, 6) is 0.854. The zero-order valence-electron chi connectivity index (χ0n) is 17.1. The number of carbonyl (C=O) groups excluding carboxylic acids is 2. The third kappa shape index (κ3) is 3.57. The first-order valence-electron chi connectivity index (χ1n) is 10.6. The summed E-state index contributed by atoms with van der Waals surface area (Å²) in [6.45, 7) is 3.40. The molecule has 0 heterocycles. The molecule has 0 aromatic rings. The van der Waals surface area contributed by atoms with E-state index in [0.29, 0.717) is 43.3 Å². The number of Topliss-reactive ketones (excluding diaryl/α,β-unsaturated/α-hetero) is 1. The number of ether oxygens (including phenoxy) is 1. The zero-order chi connectivity index (χ0) is 21.0. The molecule has 4 rings (SSSR count). The van der Waals surface area contributed by atoms with E-state index in [9.17, 15) is 22.6 Å². The van der Waals surface area contributed by atoms with E-state index in [0.717, 1.165) is 31.3 Å². The summed E-state index contributed by atoms with van der Waals surface area (Å²) in [5, 5.41) is 0. The molecule has 0 radical (unpaired) electrons. The van der Waals surface area contributed by atoms with Crippen LogP contribution in [0.4, 0.5) is 0 Å². The van der Waals surface area contributed by atoms with Gasteiger partial charge in [0.25, 0.3) is 0 Å². The largest absolute Gasteiger partial charge is 0.462 e. The molecule has 1 N–H and O–H groups in total. The van der Waals surface area contributed by atoms with E-state index in [1.165, 1.54) is 6.92 Å². The smallest absolute Gasteiger partial charge is 0.397 e.